The molecule has 1 rings (SSSR count). The number of hydrogen-bond acceptors (Lipinski definition) is 2. The summed E-state index contributed by atoms with van der Waals surface area (Å²) in [7, 11) is 0. The minimum Gasteiger partial charge on any atom is -0.311 e. The van der Waals surface area contributed by atoms with Gasteiger partial charge in [0.25, 0.3) is 5.56 Å². The van der Waals surface area contributed by atoms with Crippen molar-refractivity contribution in [2.24, 2.45) is 0 Å². The Hall–Kier alpha value is -0.468. The van der Waals surface area contributed by atoms with E-state index in [1.165, 1.54) is 0 Å². The Balaban J connectivity index is 0.000000810. The minimum absolute atomic E-state index is 0. The maximum Gasteiger partial charge on any atom is 0.325 e. The fraction of sp³-hybridized carbons (Fsp3) is 0. The molecule has 0 amide bonds. The number of halogens is 1. The van der Waals surface area contributed by atoms with Gasteiger partial charge in [-0.25, -0.2) is 4.79 Å². The number of rotatable bonds is 0. The van der Waals surface area contributed by atoms with Crippen molar-refractivity contribution >= 4 is 27.3 Å². The normalized spacial score (nSPS) is 8.50. The van der Waals surface area contributed by atoms with Crippen molar-refractivity contribution in [1.29, 1.82) is 0 Å². The van der Waals surface area contributed by atoms with Gasteiger partial charge in [-0.3, -0.25) is 9.78 Å². The molecule has 0 fully saturated rings. The maximum absolute atomic E-state index is 12.0. The summed E-state index contributed by atoms with van der Waals surface area (Å²) in [6.45, 7) is 0. The molecule has 6 heteroatoms. The Morgan fingerprint density at radius 2 is 2.00 bits per heavy atom. The van der Waals surface area contributed by atoms with Gasteiger partial charge in [0.05, 0.1) is 0 Å². The molecule has 0 unspecified atom stereocenters. The molecule has 2 N–H and O–H groups in total. The van der Waals surface area contributed by atoms with Crippen molar-refractivity contribution in [3.63, 3.8) is 0 Å². The van der Waals surface area contributed by atoms with Gasteiger partial charge in [0.15, 0.2) is 0 Å². The van der Waals surface area contributed by atoms with Crippen LogP contribution in [-0.4, -0.2) is 37.3 Å². The van der Waals surface area contributed by atoms with Gasteiger partial charge in [0, 0.05) is 33.5 Å². The van der Waals surface area contributed by atoms with Crippen LogP contribution in [0.4, 0.5) is 4.39 Å². The first kappa shape index (κ1) is 9.53. The molecule has 4 nitrogen and oxygen atoms in total. The standard InChI is InChI=1S/C4H3FN2O2.Tl/c5-2-1-6-4(9)7-3(2)8;/h1H,(H2,6,7,8,9);. The van der Waals surface area contributed by atoms with Crippen LogP contribution in [0.1, 0.15) is 0 Å². The number of nitrogens with one attached hydrogen (secondary N) is 2. The molecule has 10 heavy (non-hydrogen) atoms. The molecule has 0 aromatic carbocycles. The number of H-pyrrole nitrogens is 2. The topological polar surface area (TPSA) is 65.7 Å². The molecule has 51 valence electrons. The minimum atomic E-state index is -1.00. The first-order valence-corrected chi connectivity index (χ1v) is 2.17. The molecular formula is C4H3FN2O2Tl. The van der Waals surface area contributed by atoms with E-state index in [1.54, 1.807) is 4.98 Å². The molecule has 0 saturated heterocycles. The zero-order chi connectivity index (χ0) is 6.85. The first-order valence-electron chi connectivity index (χ1n) is 2.17. The molecule has 1 heterocycles. The van der Waals surface area contributed by atoms with Crippen molar-refractivity contribution in [2.75, 3.05) is 0 Å². The van der Waals surface area contributed by atoms with E-state index in [2.05, 4.69) is 0 Å². The zero-order valence-corrected chi connectivity index (χ0v) is 9.34. The smallest absolute Gasteiger partial charge is 0.311 e. The van der Waals surface area contributed by atoms with E-state index in [1.807, 2.05) is 4.98 Å². The molecule has 1 radical (unpaired) electrons. The van der Waals surface area contributed by atoms with Crippen LogP contribution in [0.15, 0.2) is 15.8 Å². The van der Waals surface area contributed by atoms with E-state index in [0.29, 0.717) is 6.20 Å². The predicted molar refractivity (Wildman–Crippen MR) is 33.4 cm³/mol. The summed E-state index contributed by atoms with van der Waals surface area (Å²) in [6.07, 6.45) is 0.709. The van der Waals surface area contributed by atoms with E-state index >= 15 is 0 Å². The van der Waals surface area contributed by atoms with Crippen molar-refractivity contribution < 1.29 is 4.39 Å². The van der Waals surface area contributed by atoms with Gasteiger partial charge in [0.2, 0.25) is 5.82 Å². The summed E-state index contributed by atoms with van der Waals surface area (Å²) in [5.41, 5.74) is -1.71. The second kappa shape index (κ2) is 3.64. The van der Waals surface area contributed by atoms with Crippen LogP contribution >= 0.6 is 0 Å². The second-order valence-electron chi connectivity index (χ2n) is 1.42. The summed E-state index contributed by atoms with van der Waals surface area (Å²) < 4.78 is 12.0. The van der Waals surface area contributed by atoms with Crippen LogP contribution in [0, 0.1) is 5.82 Å². The predicted octanol–water partition coefficient (Wildman–Crippen LogP) is -1.18. The number of aromatic nitrogens is 2. The Morgan fingerprint density at radius 3 is 2.40 bits per heavy atom. The van der Waals surface area contributed by atoms with Crippen LogP contribution in [0.25, 0.3) is 0 Å². The van der Waals surface area contributed by atoms with Crippen LogP contribution < -0.4 is 11.2 Å². The van der Waals surface area contributed by atoms with Crippen molar-refractivity contribution in [2.45, 2.75) is 0 Å². The quantitative estimate of drug-likeness (QED) is 0.587. The van der Waals surface area contributed by atoms with E-state index < -0.39 is 17.1 Å². The molecule has 0 atom stereocenters. The van der Waals surface area contributed by atoms with Crippen molar-refractivity contribution in [3.05, 3.63) is 32.9 Å². The van der Waals surface area contributed by atoms with E-state index in [4.69, 9.17) is 0 Å². The Bertz CT molecular complexity index is 318. The van der Waals surface area contributed by atoms with Crippen LogP contribution in [0.5, 0.6) is 0 Å². The Morgan fingerprint density at radius 1 is 1.40 bits per heavy atom. The Kier molecular flexibility index (Phi) is 3.47. The van der Waals surface area contributed by atoms with Gasteiger partial charge in [-0.05, 0) is 0 Å². The van der Waals surface area contributed by atoms with E-state index in [0.717, 1.165) is 0 Å². The molecule has 0 aliphatic rings. The third-order valence-electron chi connectivity index (χ3n) is 0.774. The van der Waals surface area contributed by atoms with Crippen LogP contribution in [0.3, 0.4) is 0 Å². The zero-order valence-electron chi connectivity index (χ0n) is 4.85. The van der Waals surface area contributed by atoms with Gasteiger partial charge < -0.3 is 4.98 Å². The van der Waals surface area contributed by atoms with Gasteiger partial charge in [-0.1, -0.05) is 0 Å². The second-order valence-corrected chi connectivity index (χ2v) is 1.42. The molecule has 0 aliphatic heterocycles. The monoisotopic (exact) mass is 335 g/mol. The van der Waals surface area contributed by atoms with Gasteiger partial charge in [-0.15, -0.1) is 0 Å². The fourth-order valence-corrected chi connectivity index (χ4v) is 0.393. The number of aromatic amines is 2. The SMILES string of the molecule is O=c1[nH]cc(F)c(=O)[nH]1.[Tl]. The largest absolute Gasteiger partial charge is 0.325 e. The first-order chi connectivity index (χ1) is 4.20. The van der Waals surface area contributed by atoms with Gasteiger partial charge >= 0.3 is 5.69 Å². The molecule has 0 bridgehead atoms. The summed E-state index contributed by atoms with van der Waals surface area (Å²) in [4.78, 5) is 24.0. The molecular weight excluding hydrogens is 331 g/mol. The average Bonchev–Trinajstić information content (AvgIpc) is 1.80. The van der Waals surface area contributed by atoms with E-state index in [9.17, 15) is 14.0 Å². The molecule has 0 spiro atoms. The fourth-order valence-electron chi connectivity index (χ4n) is 0.393. The maximum atomic E-state index is 12.0. The molecule has 1 aromatic heterocycles. The summed E-state index contributed by atoms with van der Waals surface area (Å²) >= 11 is 0. The van der Waals surface area contributed by atoms with Crippen molar-refractivity contribution in [3.8, 4) is 0 Å². The van der Waals surface area contributed by atoms with Crippen LogP contribution in [-0.2, 0) is 0 Å². The average molecular weight is 334 g/mol. The van der Waals surface area contributed by atoms with Crippen LogP contribution in [0.2, 0.25) is 0 Å². The molecule has 0 aliphatic carbocycles. The third kappa shape index (κ3) is 2.05. The third-order valence-corrected chi connectivity index (χ3v) is 0.774. The van der Waals surface area contributed by atoms with E-state index in [-0.39, 0.29) is 27.3 Å². The number of hydrogen-bond donors (Lipinski definition) is 2. The Labute approximate surface area is 74.6 Å². The van der Waals surface area contributed by atoms with Gasteiger partial charge in [0.1, 0.15) is 0 Å². The summed E-state index contributed by atoms with van der Waals surface area (Å²) in [6, 6.07) is 0. The molecule has 0 saturated carbocycles. The summed E-state index contributed by atoms with van der Waals surface area (Å²) in [5, 5.41) is 0. The van der Waals surface area contributed by atoms with Gasteiger partial charge in [-0.2, -0.15) is 4.39 Å². The molecule has 1 aromatic rings. The van der Waals surface area contributed by atoms with Crippen molar-refractivity contribution in [1.82, 2.24) is 9.97 Å². The summed E-state index contributed by atoms with van der Waals surface area (Å²) in [5.74, 6) is -0.991.